The first-order valence-electron chi connectivity index (χ1n) is 10.2. The van der Waals surface area contributed by atoms with Crippen LogP contribution in [0.25, 0.3) is 0 Å². The summed E-state index contributed by atoms with van der Waals surface area (Å²) < 4.78 is 5.12. The fourth-order valence-electron chi connectivity index (χ4n) is 3.08. The maximum absolute atomic E-state index is 12.3. The smallest absolute Gasteiger partial charge is 0.338 e. The minimum atomic E-state index is -0.573. The lowest BCUT2D eigenvalue weighted by molar-refractivity contribution is -0.119. The summed E-state index contributed by atoms with van der Waals surface area (Å²) in [4.78, 5) is 39.0. The van der Waals surface area contributed by atoms with Gasteiger partial charge in [-0.25, -0.2) is 4.79 Å². The number of nitrogens with zero attached hydrogens (tertiary/aromatic N) is 1. The molecule has 1 aliphatic carbocycles. The molecule has 0 aliphatic heterocycles. The van der Waals surface area contributed by atoms with Crippen molar-refractivity contribution in [2.75, 3.05) is 29.9 Å². The summed E-state index contributed by atoms with van der Waals surface area (Å²) in [7, 11) is 0. The summed E-state index contributed by atoms with van der Waals surface area (Å²) in [6.07, 6.45) is 1.96. The molecule has 0 bridgehead atoms. The Morgan fingerprint density at radius 3 is 2.30 bits per heavy atom. The lowest BCUT2D eigenvalue weighted by Crippen LogP contribution is -2.28. The van der Waals surface area contributed by atoms with Gasteiger partial charge >= 0.3 is 5.97 Å². The Labute approximate surface area is 176 Å². The standard InChI is InChI=1S/C23H27N3O4/c1-3-26(4-2)18-13-9-16(10-14-18)23(29)30-15-21(27)25-20-8-6-5-7-19(20)22(28)24-17-11-12-17/h5-10,13-14,17H,3-4,11-12,15H2,1-2H3,(H,24,28)(H,25,27). The van der Waals surface area contributed by atoms with E-state index in [2.05, 4.69) is 29.4 Å². The maximum Gasteiger partial charge on any atom is 0.338 e. The molecule has 158 valence electrons. The number of amides is 2. The summed E-state index contributed by atoms with van der Waals surface area (Å²) in [5.41, 5.74) is 2.18. The van der Waals surface area contributed by atoms with Crippen molar-refractivity contribution in [2.45, 2.75) is 32.7 Å². The Bertz CT molecular complexity index is 903. The van der Waals surface area contributed by atoms with Gasteiger partial charge in [0.25, 0.3) is 11.8 Å². The van der Waals surface area contributed by atoms with Gasteiger partial charge in [-0.05, 0) is 63.1 Å². The SMILES string of the molecule is CCN(CC)c1ccc(C(=O)OCC(=O)Nc2ccccc2C(=O)NC2CC2)cc1. The molecule has 30 heavy (non-hydrogen) atoms. The number of benzene rings is 2. The van der Waals surface area contributed by atoms with Gasteiger partial charge in [0.05, 0.1) is 16.8 Å². The summed E-state index contributed by atoms with van der Waals surface area (Å²) in [5, 5.41) is 5.54. The van der Waals surface area contributed by atoms with Gasteiger partial charge in [-0.15, -0.1) is 0 Å². The minimum Gasteiger partial charge on any atom is -0.452 e. The lowest BCUT2D eigenvalue weighted by Gasteiger charge is -2.20. The number of hydrogen-bond acceptors (Lipinski definition) is 5. The number of esters is 1. The molecule has 2 aromatic rings. The topological polar surface area (TPSA) is 87.7 Å². The Morgan fingerprint density at radius 1 is 1.00 bits per heavy atom. The summed E-state index contributed by atoms with van der Waals surface area (Å²) in [6, 6.07) is 14.1. The molecule has 2 aromatic carbocycles. The third kappa shape index (κ3) is 5.59. The van der Waals surface area contributed by atoms with E-state index in [4.69, 9.17) is 4.74 Å². The molecule has 0 aromatic heterocycles. The molecule has 0 spiro atoms. The molecule has 2 amide bonds. The number of carbonyl (C=O) groups excluding carboxylic acids is 3. The van der Waals surface area contributed by atoms with E-state index in [9.17, 15) is 14.4 Å². The molecule has 0 radical (unpaired) electrons. The predicted octanol–water partition coefficient (Wildman–Crippen LogP) is 3.22. The number of ether oxygens (including phenoxy) is 1. The minimum absolute atomic E-state index is 0.218. The van der Waals surface area contributed by atoms with Crippen molar-refractivity contribution in [3.8, 4) is 0 Å². The summed E-state index contributed by atoms with van der Waals surface area (Å²) in [5.74, 6) is -1.30. The Hall–Kier alpha value is -3.35. The van der Waals surface area contributed by atoms with E-state index in [1.807, 2.05) is 12.1 Å². The van der Waals surface area contributed by atoms with E-state index in [1.165, 1.54) is 0 Å². The van der Waals surface area contributed by atoms with Crippen LogP contribution < -0.4 is 15.5 Å². The van der Waals surface area contributed by atoms with Gasteiger partial charge in [-0.3, -0.25) is 9.59 Å². The third-order valence-corrected chi connectivity index (χ3v) is 4.92. The van der Waals surface area contributed by atoms with Crippen LogP contribution in [0.4, 0.5) is 11.4 Å². The highest BCUT2D eigenvalue weighted by Crippen LogP contribution is 2.21. The van der Waals surface area contributed by atoms with Gasteiger partial charge in [0.1, 0.15) is 0 Å². The van der Waals surface area contributed by atoms with E-state index in [0.717, 1.165) is 31.6 Å². The van der Waals surface area contributed by atoms with Crippen molar-refractivity contribution in [2.24, 2.45) is 0 Å². The van der Waals surface area contributed by atoms with Gasteiger partial charge in [0.2, 0.25) is 0 Å². The molecule has 7 heteroatoms. The second kappa shape index (κ2) is 9.91. The first-order chi connectivity index (χ1) is 14.5. The molecular formula is C23H27N3O4. The van der Waals surface area contributed by atoms with Crippen molar-refractivity contribution >= 4 is 29.2 Å². The lowest BCUT2D eigenvalue weighted by atomic mass is 10.1. The molecular weight excluding hydrogens is 382 g/mol. The number of hydrogen-bond donors (Lipinski definition) is 2. The average Bonchev–Trinajstić information content (AvgIpc) is 3.57. The number of carbonyl (C=O) groups is 3. The molecule has 3 rings (SSSR count). The fraction of sp³-hybridized carbons (Fsp3) is 0.348. The van der Waals surface area contributed by atoms with Gasteiger partial charge in [0.15, 0.2) is 6.61 Å². The molecule has 0 atom stereocenters. The van der Waals surface area contributed by atoms with Crippen LogP contribution in [0, 0.1) is 0 Å². The first-order valence-corrected chi connectivity index (χ1v) is 10.2. The predicted molar refractivity (Wildman–Crippen MR) is 116 cm³/mol. The largest absolute Gasteiger partial charge is 0.452 e. The summed E-state index contributed by atoms with van der Waals surface area (Å²) >= 11 is 0. The molecule has 0 saturated heterocycles. The van der Waals surface area contributed by atoms with Crippen LogP contribution in [0.2, 0.25) is 0 Å². The van der Waals surface area contributed by atoms with Crippen LogP contribution in [-0.2, 0) is 9.53 Å². The van der Waals surface area contributed by atoms with E-state index in [0.29, 0.717) is 16.8 Å². The molecule has 1 aliphatic rings. The van der Waals surface area contributed by atoms with E-state index in [-0.39, 0.29) is 11.9 Å². The van der Waals surface area contributed by atoms with Gasteiger partial charge < -0.3 is 20.3 Å². The molecule has 1 saturated carbocycles. The van der Waals surface area contributed by atoms with Gasteiger partial charge in [-0.1, -0.05) is 12.1 Å². The maximum atomic E-state index is 12.3. The quantitative estimate of drug-likeness (QED) is 0.621. The second-order valence-corrected chi connectivity index (χ2v) is 7.14. The number of anilines is 2. The van der Waals surface area contributed by atoms with Crippen molar-refractivity contribution in [3.63, 3.8) is 0 Å². The number of rotatable bonds is 9. The highest BCUT2D eigenvalue weighted by atomic mass is 16.5. The zero-order valence-electron chi connectivity index (χ0n) is 17.3. The highest BCUT2D eigenvalue weighted by Gasteiger charge is 2.25. The van der Waals surface area contributed by atoms with Crippen LogP contribution in [-0.4, -0.2) is 43.5 Å². The molecule has 7 nitrogen and oxygen atoms in total. The van der Waals surface area contributed by atoms with Crippen LogP contribution in [0.1, 0.15) is 47.4 Å². The third-order valence-electron chi connectivity index (χ3n) is 4.92. The van der Waals surface area contributed by atoms with Crippen LogP contribution in [0.5, 0.6) is 0 Å². The zero-order valence-corrected chi connectivity index (χ0v) is 17.3. The Morgan fingerprint density at radius 2 is 1.67 bits per heavy atom. The number of para-hydroxylation sites is 1. The first kappa shape index (κ1) is 21.4. The van der Waals surface area contributed by atoms with Gasteiger partial charge in [-0.2, -0.15) is 0 Å². The monoisotopic (exact) mass is 409 g/mol. The number of nitrogens with one attached hydrogen (secondary N) is 2. The van der Waals surface area contributed by atoms with Crippen molar-refractivity contribution in [1.29, 1.82) is 0 Å². The van der Waals surface area contributed by atoms with Crippen LogP contribution >= 0.6 is 0 Å². The van der Waals surface area contributed by atoms with E-state index < -0.39 is 18.5 Å². The van der Waals surface area contributed by atoms with Gasteiger partial charge in [0, 0.05) is 24.8 Å². The van der Waals surface area contributed by atoms with Crippen molar-refractivity contribution in [3.05, 3.63) is 59.7 Å². The highest BCUT2D eigenvalue weighted by molar-refractivity contribution is 6.04. The van der Waals surface area contributed by atoms with Crippen molar-refractivity contribution < 1.29 is 19.1 Å². The summed E-state index contributed by atoms with van der Waals surface area (Å²) in [6.45, 7) is 5.45. The van der Waals surface area contributed by atoms with Crippen LogP contribution in [0.15, 0.2) is 48.5 Å². The Balaban J connectivity index is 1.54. The average molecular weight is 409 g/mol. The Kier molecular flexibility index (Phi) is 7.06. The second-order valence-electron chi connectivity index (χ2n) is 7.14. The van der Waals surface area contributed by atoms with E-state index in [1.54, 1.807) is 36.4 Å². The zero-order chi connectivity index (χ0) is 21.5. The normalized spacial score (nSPS) is 12.7. The van der Waals surface area contributed by atoms with E-state index >= 15 is 0 Å². The molecule has 2 N–H and O–H groups in total. The molecule has 1 fully saturated rings. The van der Waals surface area contributed by atoms with Crippen LogP contribution in [0.3, 0.4) is 0 Å². The van der Waals surface area contributed by atoms with Crippen molar-refractivity contribution in [1.82, 2.24) is 5.32 Å². The molecule has 0 unspecified atom stereocenters. The fourth-order valence-corrected chi connectivity index (χ4v) is 3.08. The molecule has 0 heterocycles.